The van der Waals surface area contributed by atoms with E-state index in [2.05, 4.69) is 15.9 Å². The molecule has 0 bridgehead atoms. The molecule has 2 aromatic rings. The lowest BCUT2D eigenvalue weighted by molar-refractivity contribution is -0.137. The molecule has 0 unspecified atom stereocenters. The highest BCUT2D eigenvalue weighted by Crippen LogP contribution is 2.38. The predicted octanol–water partition coefficient (Wildman–Crippen LogP) is 4.90. The number of nitrogens with one attached hydrogen (secondary N) is 1. The molecule has 0 fully saturated rings. The maximum atomic E-state index is 13.0. The van der Waals surface area contributed by atoms with Gasteiger partial charge in [-0.25, -0.2) is 0 Å². The first kappa shape index (κ1) is 15.9. The molecule has 0 amide bonds. The summed E-state index contributed by atoms with van der Waals surface area (Å²) < 4.78 is 39.9. The molecular weight excluding hydrogens is 365 g/mol. The summed E-state index contributed by atoms with van der Waals surface area (Å²) >= 11 is 4.56. The average Bonchev–Trinajstić information content (AvgIpc) is 2.40. The second-order valence-electron chi connectivity index (χ2n) is 4.15. The molecule has 2 aromatic carbocycles. The molecule has 0 atom stereocenters. The summed E-state index contributed by atoms with van der Waals surface area (Å²) in [5, 5.41) is 7.25. The summed E-state index contributed by atoms with van der Waals surface area (Å²) in [5.41, 5.74) is 4.00. The van der Waals surface area contributed by atoms with Gasteiger partial charge in [0, 0.05) is 19.8 Å². The van der Waals surface area contributed by atoms with Crippen LogP contribution in [0.4, 0.5) is 13.2 Å². The van der Waals surface area contributed by atoms with E-state index in [1.807, 2.05) is 18.2 Å². The summed E-state index contributed by atoms with van der Waals surface area (Å²) in [6.45, 7) is 0. The van der Waals surface area contributed by atoms with Crippen LogP contribution in [0, 0.1) is 5.41 Å². The first-order valence-corrected chi connectivity index (χ1v) is 7.38. The molecule has 0 heterocycles. The van der Waals surface area contributed by atoms with Crippen molar-refractivity contribution in [1.29, 1.82) is 5.41 Å². The van der Waals surface area contributed by atoms with Gasteiger partial charge in [0.05, 0.1) is 5.56 Å². The molecule has 0 aliphatic rings. The average molecular weight is 375 g/mol. The van der Waals surface area contributed by atoms with Gasteiger partial charge in [-0.2, -0.15) is 13.2 Å². The standard InChI is InChI=1S/C14H10BrF3N2S/c15-11-3-1-2-4-12(11)21-8-5-6-9(13(19)20)10(7-8)14(16,17)18/h1-7H,(H3,19,20). The van der Waals surface area contributed by atoms with Crippen molar-refractivity contribution >= 4 is 33.5 Å². The lowest BCUT2D eigenvalue weighted by Crippen LogP contribution is -2.18. The Morgan fingerprint density at radius 2 is 1.81 bits per heavy atom. The lowest BCUT2D eigenvalue weighted by atomic mass is 10.1. The molecule has 110 valence electrons. The summed E-state index contributed by atoms with van der Waals surface area (Å²) in [7, 11) is 0. The molecule has 0 spiro atoms. The number of benzene rings is 2. The molecule has 7 heteroatoms. The predicted molar refractivity (Wildman–Crippen MR) is 80.7 cm³/mol. The van der Waals surface area contributed by atoms with Gasteiger partial charge in [-0.1, -0.05) is 23.9 Å². The zero-order valence-electron chi connectivity index (χ0n) is 10.5. The van der Waals surface area contributed by atoms with Crippen molar-refractivity contribution in [1.82, 2.24) is 0 Å². The normalized spacial score (nSPS) is 11.4. The SMILES string of the molecule is N=C(N)c1ccc(Sc2ccccc2Br)cc1C(F)(F)F. The van der Waals surface area contributed by atoms with Crippen molar-refractivity contribution < 1.29 is 13.2 Å². The zero-order valence-corrected chi connectivity index (χ0v) is 12.9. The third-order valence-corrected chi connectivity index (χ3v) is 4.67. The van der Waals surface area contributed by atoms with E-state index in [-0.39, 0.29) is 5.56 Å². The van der Waals surface area contributed by atoms with Crippen molar-refractivity contribution in [3.8, 4) is 0 Å². The molecule has 0 aliphatic carbocycles. The Morgan fingerprint density at radius 3 is 2.38 bits per heavy atom. The van der Waals surface area contributed by atoms with Crippen molar-refractivity contribution in [2.75, 3.05) is 0 Å². The Hall–Kier alpha value is -1.47. The van der Waals surface area contributed by atoms with Crippen LogP contribution >= 0.6 is 27.7 Å². The Kier molecular flexibility index (Phi) is 4.63. The van der Waals surface area contributed by atoms with E-state index < -0.39 is 17.6 Å². The minimum absolute atomic E-state index is 0.307. The van der Waals surface area contributed by atoms with Gasteiger partial charge in [0.2, 0.25) is 0 Å². The maximum absolute atomic E-state index is 13.0. The number of halogens is 4. The summed E-state index contributed by atoms with van der Waals surface area (Å²) in [5.74, 6) is -0.597. The van der Waals surface area contributed by atoms with E-state index >= 15 is 0 Å². The van der Waals surface area contributed by atoms with Crippen LogP contribution < -0.4 is 5.73 Å². The number of amidine groups is 1. The number of nitrogens with two attached hydrogens (primary N) is 1. The van der Waals surface area contributed by atoms with Gasteiger partial charge in [0.25, 0.3) is 0 Å². The summed E-state index contributed by atoms with van der Waals surface area (Å²) in [6, 6.07) is 11.0. The summed E-state index contributed by atoms with van der Waals surface area (Å²) in [6.07, 6.45) is -4.55. The van der Waals surface area contributed by atoms with Crippen LogP contribution in [0.3, 0.4) is 0 Å². The maximum Gasteiger partial charge on any atom is 0.417 e. The van der Waals surface area contributed by atoms with Crippen LogP contribution in [0.1, 0.15) is 11.1 Å². The van der Waals surface area contributed by atoms with Crippen LogP contribution in [-0.2, 0) is 6.18 Å². The molecule has 21 heavy (non-hydrogen) atoms. The van der Waals surface area contributed by atoms with E-state index in [1.165, 1.54) is 23.9 Å². The molecule has 0 aliphatic heterocycles. The highest BCUT2D eigenvalue weighted by Gasteiger charge is 2.34. The van der Waals surface area contributed by atoms with Crippen LogP contribution in [0.15, 0.2) is 56.7 Å². The Balaban J connectivity index is 2.43. The molecule has 0 aromatic heterocycles. The van der Waals surface area contributed by atoms with Gasteiger partial charge in [-0.3, -0.25) is 5.41 Å². The van der Waals surface area contributed by atoms with Gasteiger partial charge in [-0.15, -0.1) is 0 Å². The quantitative estimate of drug-likeness (QED) is 0.592. The third-order valence-electron chi connectivity index (χ3n) is 2.65. The molecule has 0 saturated heterocycles. The van der Waals surface area contributed by atoms with Crippen LogP contribution in [0.5, 0.6) is 0 Å². The van der Waals surface area contributed by atoms with E-state index in [0.717, 1.165) is 15.4 Å². The molecule has 2 nitrogen and oxygen atoms in total. The van der Waals surface area contributed by atoms with Crippen LogP contribution in [0.2, 0.25) is 0 Å². The van der Waals surface area contributed by atoms with Crippen LogP contribution in [0.25, 0.3) is 0 Å². The van der Waals surface area contributed by atoms with Gasteiger partial charge in [0.1, 0.15) is 5.84 Å². The van der Waals surface area contributed by atoms with E-state index in [9.17, 15) is 13.2 Å². The van der Waals surface area contributed by atoms with Gasteiger partial charge in [-0.05, 0) is 46.3 Å². The van der Waals surface area contributed by atoms with Gasteiger partial charge >= 0.3 is 6.18 Å². The fraction of sp³-hybridized carbons (Fsp3) is 0.0714. The van der Waals surface area contributed by atoms with Crippen molar-refractivity contribution in [2.45, 2.75) is 16.0 Å². The zero-order chi connectivity index (χ0) is 15.6. The first-order chi connectivity index (χ1) is 9.79. The van der Waals surface area contributed by atoms with Gasteiger partial charge < -0.3 is 5.73 Å². The number of rotatable bonds is 3. The Bertz CT molecular complexity index is 686. The molecular formula is C14H10BrF3N2S. The smallest absolute Gasteiger partial charge is 0.384 e. The number of hydrogen-bond acceptors (Lipinski definition) is 2. The Morgan fingerprint density at radius 1 is 1.14 bits per heavy atom. The van der Waals surface area contributed by atoms with Crippen LogP contribution in [-0.4, -0.2) is 5.84 Å². The van der Waals surface area contributed by atoms with Crippen molar-refractivity contribution in [2.24, 2.45) is 5.73 Å². The van der Waals surface area contributed by atoms with Gasteiger partial charge in [0.15, 0.2) is 0 Å². The monoisotopic (exact) mass is 374 g/mol. The minimum atomic E-state index is -4.55. The summed E-state index contributed by atoms with van der Waals surface area (Å²) in [4.78, 5) is 1.24. The van der Waals surface area contributed by atoms with Crippen molar-refractivity contribution in [3.05, 3.63) is 58.1 Å². The third kappa shape index (κ3) is 3.79. The Labute approximate surface area is 132 Å². The lowest BCUT2D eigenvalue weighted by Gasteiger charge is -2.13. The van der Waals surface area contributed by atoms with E-state index in [0.29, 0.717) is 4.90 Å². The highest BCUT2D eigenvalue weighted by atomic mass is 79.9. The molecule has 2 rings (SSSR count). The number of nitrogen functional groups attached to an aromatic ring is 1. The number of alkyl halides is 3. The molecule has 3 N–H and O–H groups in total. The van der Waals surface area contributed by atoms with E-state index in [1.54, 1.807) is 6.07 Å². The largest absolute Gasteiger partial charge is 0.417 e. The fourth-order valence-electron chi connectivity index (χ4n) is 1.71. The minimum Gasteiger partial charge on any atom is -0.384 e. The van der Waals surface area contributed by atoms with E-state index in [4.69, 9.17) is 11.1 Å². The highest BCUT2D eigenvalue weighted by molar-refractivity contribution is 9.10. The molecule has 0 radical (unpaired) electrons. The topological polar surface area (TPSA) is 49.9 Å². The first-order valence-electron chi connectivity index (χ1n) is 5.77. The second kappa shape index (κ2) is 6.11. The fourth-order valence-corrected chi connectivity index (χ4v) is 3.12. The molecule has 0 saturated carbocycles. The number of hydrogen-bond donors (Lipinski definition) is 2. The van der Waals surface area contributed by atoms with Crippen molar-refractivity contribution in [3.63, 3.8) is 0 Å². The second-order valence-corrected chi connectivity index (χ2v) is 6.12.